The highest BCUT2D eigenvalue weighted by Crippen LogP contribution is 2.19. The average molecular weight is 452 g/mol. The summed E-state index contributed by atoms with van der Waals surface area (Å²) in [6.07, 6.45) is 6.99. The van der Waals surface area contributed by atoms with E-state index in [0.29, 0.717) is 50.4 Å². The van der Waals surface area contributed by atoms with E-state index < -0.39 is 0 Å². The van der Waals surface area contributed by atoms with E-state index >= 15 is 0 Å². The molecule has 2 aromatic heterocycles. The number of piperidine rings is 1. The minimum absolute atomic E-state index is 0.526. The van der Waals surface area contributed by atoms with Gasteiger partial charge in [-0.1, -0.05) is 6.07 Å². The van der Waals surface area contributed by atoms with Gasteiger partial charge in [-0.2, -0.15) is 4.99 Å². The first-order valence-electron chi connectivity index (χ1n) is 11.6. The minimum Gasteiger partial charge on any atom is -0.378 e. The lowest BCUT2D eigenvalue weighted by molar-refractivity contribution is -0.108. The number of allylic oxidation sites excluding steroid dienone is 1. The Morgan fingerprint density at radius 2 is 2.09 bits per heavy atom. The number of guanidine groups is 1. The van der Waals surface area contributed by atoms with E-state index in [1.165, 1.54) is 12.8 Å². The molecular weight excluding hydrogens is 418 g/mol. The summed E-state index contributed by atoms with van der Waals surface area (Å²) in [7, 11) is 0. The van der Waals surface area contributed by atoms with Gasteiger partial charge in [-0.3, -0.25) is 10.1 Å². The molecule has 2 aliphatic rings. The van der Waals surface area contributed by atoms with Crippen LogP contribution in [-0.2, 0) is 9.53 Å². The van der Waals surface area contributed by atoms with Crippen molar-refractivity contribution in [2.45, 2.75) is 19.8 Å². The van der Waals surface area contributed by atoms with Gasteiger partial charge >= 0.3 is 0 Å². The molecule has 2 aliphatic heterocycles. The molecule has 0 spiro atoms. The minimum atomic E-state index is 0.526. The summed E-state index contributed by atoms with van der Waals surface area (Å²) < 4.78 is 7.45. The first-order valence-corrected chi connectivity index (χ1v) is 11.6. The second-order valence-electron chi connectivity index (χ2n) is 8.34. The van der Waals surface area contributed by atoms with Crippen molar-refractivity contribution in [3.05, 3.63) is 54.2 Å². The van der Waals surface area contributed by atoms with Crippen molar-refractivity contribution in [2.75, 3.05) is 45.9 Å². The summed E-state index contributed by atoms with van der Waals surface area (Å²) in [5.41, 5.74) is 1.76. The third-order valence-electron chi connectivity index (χ3n) is 6.02. The largest absolute Gasteiger partial charge is 0.378 e. The van der Waals surface area contributed by atoms with Gasteiger partial charge in [0.2, 0.25) is 12.4 Å². The number of aliphatic imine (C=N–C) groups is 1. The van der Waals surface area contributed by atoms with Gasteiger partial charge in [-0.05, 0) is 63.0 Å². The van der Waals surface area contributed by atoms with Crippen molar-refractivity contribution < 1.29 is 9.53 Å². The van der Waals surface area contributed by atoms with Crippen LogP contribution >= 0.6 is 0 Å². The van der Waals surface area contributed by atoms with E-state index in [9.17, 15) is 4.79 Å². The maximum absolute atomic E-state index is 11.4. The van der Waals surface area contributed by atoms with Crippen LogP contribution in [0.1, 0.15) is 25.5 Å². The molecule has 33 heavy (non-hydrogen) atoms. The Labute approximate surface area is 194 Å². The van der Waals surface area contributed by atoms with Crippen molar-refractivity contribution in [1.82, 2.24) is 30.4 Å². The summed E-state index contributed by atoms with van der Waals surface area (Å²) in [5, 5.41) is 9.82. The molecule has 0 saturated carbocycles. The predicted octanol–water partition coefficient (Wildman–Crippen LogP) is 1.58. The lowest BCUT2D eigenvalue weighted by Gasteiger charge is -2.29. The third kappa shape index (κ3) is 6.21. The lowest BCUT2D eigenvalue weighted by Crippen LogP contribution is -2.47. The first kappa shape index (κ1) is 23.0. The van der Waals surface area contributed by atoms with Gasteiger partial charge in [-0.15, -0.1) is 0 Å². The molecular formula is C24H33N7O2. The Morgan fingerprint density at radius 1 is 1.27 bits per heavy atom. The number of morpholine rings is 1. The zero-order valence-corrected chi connectivity index (χ0v) is 19.2. The van der Waals surface area contributed by atoms with Crippen LogP contribution in [-0.4, -0.2) is 72.8 Å². The highest BCUT2D eigenvalue weighted by Gasteiger charge is 2.18. The molecule has 0 radical (unpaired) electrons. The highest BCUT2D eigenvalue weighted by molar-refractivity contribution is 5.90. The SMILES string of the molecule is C/C(=C(\N=C(/NC=O)N1CCOCC1)NCC1CCCNC1)c1cccc(-n2cccc2)n1. The van der Waals surface area contributed by atoms with E-state index in [4.69, 9.17) is 14.7 Å². The van der Waals surface area contributed by atoms with Gasteiger partial charge in [0.25, 0.3) is 0 Å². The Balaban J connectivity index is 1.66. The lowest BCUT2D eigenvalue weighted by atomic mass is 10.00. The third-order valence-corrected chi connectivity index (χ3v) is 6.02. The Morgan fingerprint density at radius 3 is 2.82 bits per heavy atom. The van der Waals surface area contributed by atoms with Crippen LogP contribution < -0.4 is 16.0 Å². The molecule has 1 unspecified atom stereocenters. The summed E-state index contributed by atoms with van der Waals surface area (Å²) in [6.45, 7) is 7.48. The predicted molar refractivity (Wildman–Crippen MR) is 129 cm³/mol. The normalized spacial score (nSPS) is 20.2. The molecule has 0 aromatic carbocycles. The van der Waals surface area contributed by atoms with Crippen LogP contribution in [0.15, 0.2) is 53.5 Å². The average Bonchev–Trinajstić information content (AvgIpc) is 3.42. The second kappa shape index (κ2) is 11.6. The topological polar surface area (TPSA) is 95.8 Å². The maximum atomic E-state index is 11.4. The van der Waals surface area contributed by atoms with Gasteiger partial charge in [-0.25, -0.2) is 4.98 Å². The van der Waals surface area contributed by atoms with Crippen molar-refractivity contribution in [3.8, 4) is 5.82 Å². The van der Waals surface area contributed by atoms with E-state index in [1.54, 1.807) is 0 Å². The summed E-state index contributed by atoms with van der Waals surface area (Å²) >= 11 is 0. The zero-order valence-electron chi connectivity index (χ0n) is 19.2. The number of ether oxygens (including phenoxy) is 1. The van der Waals surface area contributed by atoms with E-state index in [-0.39, 0.29) is 0 Å². The molecule has 4 rings (SSSR count). The molecule has 9 heteroatoms. The number of carbonyl (C=O) groups is 1. The molecule has 0 bridgehead atoms. The molecule has 9 nitrogen and oxygen atoms in total. The fourth-order valence-electron chi connectivity index (χ4n) is 4.11. The van der Waals surface area contributed by atoms with Crippen molar-refractivity contribution in [2.24, 2.45) is 10.9 Å². The van der Waals surface area contributed by atoms with Crippen LogP contribution in [0.4, 0.5) is 0 Å². The smallest absolute Gasteiger partial charge is 0.213 e. The molecule has 1 amide bonds. The Hall–Kier alpha value is -3.17. The summed E-state index contributed by atoms with van der Waals surface area (Å²) in [5.74, 6) is 2.62. The van der Waals surface area contributed by atoms with Gasteiger partial charge < -0.3 is 24.8 Å². The number of hydrogen-bond acceptors (Lipinski definition) is 6. The standard InChI is InChI=1S/C24H33N7O2/c1-19(21-7-4-8-22(28-21)30-10-2-3-11-30)23(26-17-20-6-5-9-25-16-20)29-24(27-18-32)31-12-14-33-15-13-31/h2-4,7-8,10-11,18,20,25-26H,5-6,9,12-17H2,1H3,(H,27,29,32)/b23-19+. The van der Waals surface area contributed by atoms with Crippen LogP contribution in [0.5, 0.6) is 0 Å². The molecule has 3 N–H and O–H groups in total. The number of nitrogens with zero attached hydrogens (tertiary/aromatic N) is 4. The number of amides is 1. The number of pyridine rings is 1. The van der Waals surface area contributed by atoms with Gasteiger partial charge in [0.15, 0.2) is 0 Å². The zero-order chi connectivity index (χ0) is 22.9. The monoisotopic (exact) mass is 451 g/mol. The molecule has 0 aliphatic carbocycles. The maximum Gasteiger partial charge on any atom is 0.213 e. The highest BCUT2D eigenvalue weighted by atomic mass is 16.5. The van der Waals surface area contributed by atoms with Crippen LogP contribution in [0.2, 0.25) is 0 Å². The summed E-state index contributed by atoms with van der Waals surface area (Å²) in [4.78, 5) is 23.1. The number of aromatic nitrogens is 2. The van der Waals surface area contributed by atoms with Crippen LogP contribution in [0.25, 0.3) is 11.4 Å². The van der Waals surface area contributed by atoms with Crippen molar-refractivity contribution in [3.63, 3.8) is 0 Å². The fourth-order valence-corrected chi connectivity index (χ4v) is 4.11. The van der Waals surface area contributed by atoms with E-state index in [0.717, 1.165) is 36.7 Å². The molecule has 176 valence electrons. The van der Waals surface area contributed by atoms with E-state index in [1.807, 2.05) is 59.1 Å². The Bertz CT molecular complexity index is 959. The van der Waals surface area contributed by atoms with Crippen LogP contribution in [0, 0.1) is 5.92 Å². The molecule has 2 saturated heterocycles. The quantitative estimate of drug-likeness (QED) is 0.336. The number of rotatable bonds is 7. The van der Waals surface area contributed by atoms with Crippen LogP contribution in [0.3, 0.4) is 0 Å². The summed E-state index contributed by atoms with van der Waals surface area (Å²) in [6, 6.07) is 9.93. The van der Waals surface area contributed by atoms with Gasteiger partial charge in [0.1, 0.15) is 11.6 Å². The van der Waals surface area contributed by atoms with Gasteiger partial charge in [0, 0.05) is 37.6 Å². The molecule has 1 atom stereocenters. The number of hydrogen-bond donors (Lipinski definition) is 3. The Kier molecular flexibility index (Phi) is 8.10. The number of carbonyl (C=O) groups excluding carboxylic acids is 1. The van der Waals surface area contributed by atoms with Gasteiger partial charge in [0.05, 0.1) is 18.9 Å². The molecule has 2 fully saturated rings. The fraction of sp³-hybridized carbons (Fsp3) is 0.458. The molecule has 4 heterocycles. The van der Waals surface area contributed by atoms with E-state index in [2.05, 4.69) is 16.0 Å². The second-order valence-corrected chi connectivity index (χ2v) is 8.34. The first-order chi connectivity index (χ1) is 16.2. The number of nitrogens with one attached hydrogen (secondary N) is 3. The van der Waals surface area contributed by atoms with Crippen molar-refractivity contribution >= 4 is 17.9 Å². The molecule has 2 aromatic rings. The van der Waals surface area contributed by atoms with Crippen molar-refractivity contribution in [1.29, 1.82) is 0 Å².